The van der Waals surface area contributed by atoms with Crippen LogP contribution in [0.3, 0.4) is 0 Å². The van der Waals surface area contributed by atoms with Crippen molar-refractivity contribution >= 4 is 34.7 Å². The van der Waals surface area contributed by atoms with Crippen LogP contribution >= 0.6 is 34.7 Å². The summed E-state index contributed by atoms with van der Waals surface area (Å²) in [5, 5.41) is 6.65. The van der Waals surface area contributed by atoms with E-state index in [1.165, 1.54) is 0 Å². The van der Waals surface area contributed by atoms with E-state index in [1.807, 2.05) is 36.6 Å². The summed E-state index contributed by atoms with van der Waals surface area (Å²) >= 11 is 9.16. The Kier molecular flexibility index (Phi) is 4.05. The molecule has 0 spiro atoms. The maximum Gasteiger partial charge on any atom is 0.237 e. The molecule has 20 heavy (non-hydrogen) atoms. The largest absolute Gasteiger partial charge is 0.338 e. The van der Waals surface area contributed by atoms with Gasteiger partial charge in [0.05, 0.1) is 5.75 Å². The van der Waals surface area contributed by atoms with Gasteiger partial charge in [-0.15, -0.1) is 11.3 Å². The van der Waals surface area contributed by atoms with Gasteiger partial charge in [0, 0.05) is 21.7 Å². The van der Waals surface area contributed by atoms with Gasteiger partial charge in [0.1, 0.15) is 0 Å². The molecule has 0 saturated heterocycles. The van der Waals surface area contributed by atoms with Crippen molar-refractivity contribution in [1.82, 2.24) is 15.1 Å². The zero-order valence-corrected chi connectivity index (χ0v) is 12.9. The Morgan fingerprint density at radius 3 is 3.00 bits per heavy atom. The van der Waals surface area contributed by atoms with Crippen LogP contribution in [0.15, 0.2) is 38.5 Å². The van der Waals surface area contributed by atoms with E-state index in [-0.39, 0.29) is 0 Å². The van der Waals surface area contributed by atoms with E-state index in [4.69, 9.17) is 16.1 Å². The molecule has 2 heterocycles. The number of thioether (sulfide) groups is 1. The highest BCUT2D eigenvalue weighted by Crippen LogP contribution is 2.26. The Hall–Kier alpha value is -1.37. The molecule has 102 valence electrons. The van der Waals surface area contributed by atoms with Crippen LogP contribution in [0.4, 0.5) is 0 Å². The molecule has 3 rings (SSSR count). The lowest BCUT2D eigenvalue weighted by Gasteiger charge is -1.94. The first-order valence-corrected chi connectivity index (χ1v) is 8.08. The zero-order chi connectivity index (χ0) is 13.9. The van der Waals surface area contributed by atoms with Crippen molar-refractivity contribution in [1.29, 1.82) is 0 Å². The second-order valence-electron chi connectivity index (χ2n) is 4.07. The summed E-state index contributed by atoms with van der Waals surface area (Å²) < 4.78 is 6.24. The van der Waals surface area contributed by atoms with Crippen LogP contribution in [0.25, 0.3) is 11.4 Å². The van der Waals surface area contributed by atoms with Gasteiger partial charge in [-0.3, -0.25) is 0 Å². The Bertz CT molecular complexity index is 726. The summed E-state index contributed by atoms with van der Waals surface area (Å²) in [4.78, 5) is 8.74. The van der Waals surface area contributed by atoms with Crippen LogP contribution in [0, 0.1) is 6.92 Å². The summed E-state index contributed by atoms with van der Waals surface area (Å²) in [5.74, 6) is 1.75. The minimum absolute atomic E-state index is 0.554. The molecule has 0 radical (unpaired) electrons. The smallest absolute Gasteiger partial charge is 0.237 e. The van der Waals surface area contributed by atoms with Gasteiger partial charge in [-0.1, -0.05) is 40.7 Å². The van der Waals surface area contributed by atoms with Gasteiger partial charge >= 0.3 is 0 Å². The second-order valence-corrected chi connectivity index (χ2v) is 6.58. The SMILES string of the molecule is Cc1csc(SCc2nc(-c3cccc(Cl)c3)no2)n1. The number of rotatable bonds is 4. The van der Waals surface area contributed by atoms with Gasteiger partial charge in [0.2, 0.25) is 11.7 Å². The molecule has 0 amide bonds. The molecular formula is C13H10ClN3OS2. The lowest BCUT2D eigenvalue weighted by molar-refractivity contribution is 0.391. The number of aromatic nitrogens is 3. The molecule has 0 fully saturated rings. The minimum atomic E-state index is 0.554. The minimum Gasteiger partial charge on any atom is -0.338 e. The first-order chi connectivity index (χ1) is 9.70. The van der Waals surface area contributed by atoms with E-state index in [0.29, 0.717) is 22.5 Å². The van der Waals surface area contributed by atoms with E-state index in [2.05, 4.69) is 15.1 Å². The third kappa shape index (κ3) is 3.20. The Balaban J connectivity index is 1.70. The molecule has 0 aliphatic rings. The van der Waals surface area contributed by atoms with E-state index in [0.717, 1.165) is 15.6 Å². The van der Waals surface area contributed by atoms with Gasteiger partial charge in [-0.2, -0.15) is 4.98 Å². The lowest BCUT2D eigenvalue weighted by Crippen LogP contribution is -1.83. The maximum atomic E-state index is 5.95. The average Bonchev–Trinajstić information content (AvgIpc) is 3.05. The van der Waals surface area contributed by atoms with Gasteiger partial charge < -0.3 is 4.52 Å². The molecule has 0 N–H and O–H groups in total. The summed E-state index contributed by atoms with van der Waals surface area (Å²) in [7, 11) is 0. The van der Waals surface area contributed by atoms with Crippen molar-refractivity contribution in [2.75, 3.05) is 0 Å². The first kappa shape index (κ1) is 13.6. The molecule has 0 bridgehead atoms. The van der Waals surface area contributed by atoms with Crippen LogP contribution in [0.1, 0.15) is 11.6 Å². The van der Waals surface area contributed by atoms with Crippen molar-refractivity contribution in [2.24, 2.45) is 0 Å². The summed E-state index contributed by atoms with van der Waals surface area (Å²) in [6, 6.07) is 7.39. The van der Waals surface area contributed by atoms with E-state index in [9.17, 15) is 0 Å². The van der Waals surface area contributed by atoms with E-state index in [1.54, 1.807) is 23.1 Å². The molecule has 4 nitrogen and oxygen atoms in total. The number of aryl methyl sites for hydroxylation is 1. The first-order valence-electron chi connectivity index (χ1n) is 5.84. The van der Waals surface area contributed by atoms with Crippen molar-refractivity contribution in [3.63, 3.8) is 0 Å². The summed E-state index contributed by atoms with van der Waals surface area (Å²) in [5.41, 5.74) is 1.88. The van der Waals surface area contributed by atoms with E-state index >= 15 is 0 Å². The molecule has 0 unspecified atom stereocenters. The highest BCUT2D eigenvalue weighted by atomic mass is 35.5. The topological polar surface area (TPSA) is 51.8 Å². The Morgan fingerprint density at radius 2 is 2.25 bits per heavy atom. The monoisotopic (exact) mass is 323 g/mol. The second kappa shape index (κ2) is 5.95. The maximum absolute atomic E-state index is 5.95. The molecule has 0 aliphatic carbocycles. The predicted octanol–water partition coefficient (Wildman–Crippen LogP) is 4.45. The number of thiazole rings is 1. The molecule has 0 saturated carbocycles. The number of hydrogen-bond acceptors (Lipinski definition) is 6. The number of benzene rings is 1. The molecule has 3 aromatic rings. The molecule has 7 heteroatoms. The number of nitrogens with zero attached hydrogens (tertiary/aromatic N) is 3. The third-order valence-corrected chi connectivity index (χ3v) is 4.83. The van der Waals surface area contributed by atoms with Crippen LogP contribution in [-0.2, 0) is 5.75 Å². The van der Waals surface area contributed by atoms with Crippen molar-refractivity contribution in [2.45, 2.75) is 17.0 Å². The lowest BCUT2D eigenvalue weighted by atomic mass is 10.2. The van der Waals surface area contributed by atoms with Crippen molar-refractivity contribution in [3.05, 3.63) is 46.3 Å². The zero-order valence-electron chi connectivity index (χ0n) is 10.5. The fourth-order valence-corrected chi connectivity index (χ4v) is 3.46. The van der Waals surface area contributed by atoms with Crippen molar-refractivity contribution in [3.8, 4) is 11.4 Å². The van der Waals surface area contributed by atoms with Gasteiger partial charge in [-0.05, 0) is 19.1 Å². The summed E-state index contributed by atoms with van der Waals surface area (Å²) in [6.07, 6.45) is 0. The highest BCUT2D eigenvalue weighted by molar-refractivity contribution is 8.00. The van der Waals surface area contributed by atoms with Gasteiger partial charge in [0.15, 0.2) is 4.34 Å². The van der Waals surface area contributed by atoms with Crippen LogP contribution < -0.4 is 0 Å². The van der Waals surface area contributed by atoms with Crippen LogP contribution in [0.5, 0.6) is 0 Å². The fourth-order valence-electron chi connectivity index (χ4n) is 1.58. The molecule has 0 atom stereocenters. The van der Waals surface area contributed by atoms with Gasteiger partial charge in [0.25, 0.3) is 0 Å². The predicted molar refractivity (Wildman–Crippen MR) is 81.2 cm³/mol. The Labute approximate surface area is 129 Å². The molecule has 2 aromatic heterocycles. The standard InChI is InChI=1S/C13H10ClN3OS2/c1-8-6-19-13(15-8)20-7-11-16-12(17-18-11)9-3-2-4-10(14)5-9/h2-6H,7H2,1H3. The van der Waals surface area contributed by atoms with Gasteiger partial charge in [-0.25, -0.2) is 4.98 Å². The Morgan fingerprint density at radius 1 is 1.35 bits per heavy atom. The fraction of sp³-hybridized carbons (Fsp3) is 0.154. The highest BCUT2D eigenvalue weighted by Gasteiger charge is 2.10. The average molecular weight is 324 g/mol. The molecule has 0 aliphatic heterocycles. The number of hydrogen-bond donors (Lipinski definition) is 0. The van der Waals surface area contributed by atoms with Crippen LogP contribution in [0.2, 0.25) is 5.02 Å². The third-order valence-electron chi connectivity index (χ3n) is 2.47. The normalized spacial score (nSPS) is 10.9. The quantitative estimate of drug-likeness (QED) is 0.664. The summed E-state index contributed by atoms with van der Waals surface area (Å²) in [6.45, 7) is 1.98. The van der Waals surface area contributed by atoms with E-state index < -0.39 is 0 Å². The number of halogens is 1. The molecule has 1 aromatic carbocycles. The van der Waals surface area contributed by atoms with Crippen molar-refractivity contribution < 1.29 is 4.52 Å². The van der Waals surface area contributed by atoms with Crippen LogP contribution in [-0.4, -0.2) is 15.1 Å². The molecular weight excluding hydrogens is 314 g/mol.